The van der Waals surface area contributed by atoms with Crippen LogP contribution < -0.4 is 0 Å². The van der Waals surface area contributed by atoms with Gasteiger partial charge in [0.2, 0.25) is 0 Å². The molecule has 0 aliphatic rings. The van der Waals surface area contributed by atoms with Crippen LogP contribution in [0.1, 0.15) is 47.0 Å². The summed E-state index contributed by atoms with van der Waals surface area (Å²) in [6.45, 7) is 9.42. The van der Waals surface area contributed by atoms with Crippen LogP contribution in [0.25, 0.3) is 0 Å². The Bertz CT molecular complexity index is 114. The molecule has 0 aliphatic carbocycles. The van der Waals surface area contributed by atoms with E-state index in [-0.39, 0.29) is 10.0 Å². The van der Waals surface area contributed by atoms with Crippen LogP contribution in [0.2, 0.25) is 0 Å². The van der Waals surface area contributed by atoms with E-state index in [0.29, 0.717) is 0 Å². The average Bonchev–Trinajstić information content (AvgIpc) is 2.04. The molecule has 0 saturated carbocycles. The maximum absolute atomic E-state index is 2.51. The first-order valence-corrected chi connectivity index (χ1v) is 7.79. The predicted octanol–water partition coefficient (Wildman–Crippen LogP) is 4.04. The minimum Gasteiger partial charge on any atom is -0.241 e. The van der Waals surface area contributed by atoms with E-state index in [1.54, 1.807) is 0 Å². The summed E-state index contributed by atoms with van der Waals surface area (Å²) in [5.41, 5.74) is 0. The number of rotatable bonds is 5. The molecule has 0 aromatic heterocycles. The van der Waals surface area contributed by atoms with Gasteiger partial charge in [0, 0.05) is 0 Å². The lowest BCUT2D eigenvalue weighted by Gasteiger charge is -2.44. The second-order valence-electron chi connectivity index (χ2n) is 4.14. The van der Waals surface area contributed by atoms with Gasteiger partial charge in [0.15, 0.2) is 0 Å². The second-order valence-corrected chi connectivity index (χ2v) is 8.59. The molecule has 0 radical (unpaired) electrons. The summed E-state index contributed by atoms with van der Waals surface area (Å²) in [6.07, 6.45) is 9.10. The topological polar surface area (TPSA) is 0 Å². The Morgan fingerprint density at radius 3 is 1.58 bits per heavy atom. The molecule has 0 bridgehead atoms. The average molecular weight is 190 g/mol. The van der Waals surface area contributed by atoms with Crippen molar-refractivity contribution in [1.82, 2.24) is 0 Å². The van der Waals surface area contributed by atoms with E-state index in [2.05, 4.69) is 40.2 Å². The summed E-state index contributed by atoms with van der Waals surface area (Å²) in [7, 11) is -0.351. The predicted molar refractivity (Wildman–Crippen MR) is 63.6 cm³/mol. The van der Waals surface area contributed by atoms with Gasteiger partial charge in [0.25, 0.3) is 0 Å². The molecular formula is C11H26S. The zero-order valence-electron chi connectivity index (χ0n) is 9.68. The minimum absolute atomic E-state index is 0.351. The Labute approximate surface area is 80.4 Å². The third-order valence-corrected chi connectivity index (χ3v) is 8.17. The number of hydrogen-bond donors (Lipinski definition) is 0. The highest BCUT2D eigenvalue weighted by Gasteiger charge is 2.26. The quantitative estimate of drug-likeness (QED) is 0.614. The van der Waals surface area contributed by atoms with Crippen molar-refractivity contribution in [2.24, 2.45) is 0 Å². The molecule has 0 aromatic carbocycles. The van der Waals surface area contributed by atoms with E-state index in [1.165, 1.54) is 19.3 Å². The molecule has 76 valence electrons. The third kappa shape index (κ3) is 2.69. The van der Waals surface area contributed by atoms with Gasteiger partial charge in [-0.05, 0) is 42.3 Å². The van der Waals surface area contributed by atoms with Crippen LogP contribution in [-0.4, -0.2) is 23.0 Å². The van der Waals surface area contributed by atoms with Crippen molar-refractivity contribution in [3.05, 3.63) is 0 Å². The highest BCUT2D eigenvalue weighted by molar-refractivity contribution is 8.33. The Hall–Kier alpha value is 0.350. The van der Waals surface area contributed by atoms with Crippen molar-refractivity contribution < 1.29 is 0 Å². The van der Waals surface area contributed by atoms with Crippen molar-refractivity contribution in [1.29, 1.82) is 0 Å². The van der Waals surface area contributed by atoms with Gasteiger partial charge in [0.1, 0.15) is 0 Å². The SMILES string of the molecule is CCC(C)S(C)(C)C(CC)CC. The molecule has 0 nitrogen and oxygen atoms in total. The van der Waals surface area contributed by atoms with Crippen molar-refractivity contribution in [2.45, 2.75) is 57.5 Å². The maximum Gasteiger partial charge on any atom is -0.0120 e. The molecule has 1 unspecified atom stereocenters. The van der Waals surface area contributed by atoms with Gasteiger partial charge in [-0.25, -0.2) is 10.0 Å². The van der Waals surface area contributed by atoms with Crippen LogP contribution in [0.4, 0.5) is 0 Å². The van der Waals surface area contributed by atoms with Crippen molar-refractivity contribution in [3.63, 3.8) is 0 Å². The molecule has 0 aromatic rings. The molecule has 1 atom stereocenters. The first-order valence-electron chi connectivity index (χ1n) is 5.21. The van der Waals surface area contributed by atoms with Gasteiger partial charge in [-0.2, -0.15) is 0 Å². The summed E-state index contributed by atoms with van der Waals surface area (Å²) in [4.78, 5) is 0. The van der Waals surface area contributed by atoms with Crippen LogP contribution in [0.15, 0.2) is 0 Å². The van der Waals surface area contributed by atoms with Gasteiger partial charge in [-0.15, -0.1) is 0 Å². The van der Waals surface area contributed by atoms with E-state index in [0.717, 1.165) is 10.5 Å². The van der Waals surface area contributed by atoms with Gasteiger partial charge >= 0.3 is 0 Å². The van der Waals surface area contributed by atoms with Gasteiger partial charge in [-0.3, -0.25) is 0 Å². The molecule has 0 amide bonds. The van der Waals surface area contributed by atoms with E-state index in [1.807, 2.05) is 0 Å². The van der Waals surface area contributed by atoms with Crippen molar-refractivity contribution >= 4 is 10.0 Å². The third-order valence-electron chi connectivity index (χ3n) is 3.38. The van der Waals surface area contributed by atoms with Crippen LogP contribution in [-0.2, 0) is 0 Å². The Balaban J connectivity index is 4.33. The molecule has 12 heavy (non-hydrogen) atoms. The zero-order chi connectivity index (χ0) is 9.78. The summed E-state index contributed by atoms with van der Waals surface area (Å²) in [6, 6.07) is 0. The normalized spacial score (nSPS) is 16.6. The summed E-state index contributed by atoms with van der Waals surface area (Å²) >= 11 is 0. The van der Waals surface area contributed by atoms with Crippen LogP contribution in [0.5, 0.6) is 0 Å². The minimum atomic E-state index is -0.351. The summed E-state index contributed by atoms with van der Waals surface area (Å²) in [5.74, 6) is 0. The lowest BCUT2D eigenvalue weighted by Crippen LogP contribution is -2.23. The Morgan fingerprint density at radius 2 is 1.33 bits per heavy atom. The first kappa shape index (κ1) is 12.3. The zero-order valence-corrected chi connectivity index (χ0v) is 10.5. The van der Waals surface area contributed by atoms with Gasteiger partial charge in [0.05, 0.1) is 0 Å². The first-order chi connectivity index (χ1) is 5.50. The number of hydrogen-bond acceptors (Lipinski definition) is 0. The lowest BCUT2D eigenvalue weighted by atomic mass is 10.3. The van der Waals surface area contributed by atoms with Crippen LogP contribution in [0.3, 0.4) is 0 Å². The molecule has 0 rings (SSSR count). The molecule has 0 fully saturated rings. The second kappa shape index (κ2) is 5.16. The van der Waals surface area contributed by atoms with Crippen LogP contribution in [0, 0.1) is 0 Å². The molecule has 1 heteroatoms. The molecule has 0 saturated heterocycles. The van der Waals surface area contributed by atoms with E-state index >= 15 is 0 Å². The van der Waals surface area contributed by atoms with Gasteiger partial charge < -0.3 is 0 Å². The van der Waals surface area contributed by atoms with Crippen LogP contribution >= 0.6 is 10.0 Å². The highest BCUT2D eigenvalue weighted by Crippen LogP contribution is 2.53. The van der Waals surface area contributed by atoms with Crippen molar-refractivity contribution in [2.75, 3.05) is 12.5 Å². The van der Waals surface area contributed by atoms with Gasteiger partial charge in [-0.1, -0.05) is 27.7 Å². The Kier molecular flexibility index (Phi) is 5.31. The lowest BCUT2D eigenvalue weighted by molar-refractivity contribution is 0.764. The standard InChI is InChI=1S/C11H26S/c1-7-10(4)12(5,6)11(8-2)9-3/h10-11H,7-9H2,1-6H3. The fourth-order valence-corrected chi connectivity index (χ4v) is 5.14. The summed E-state index contributed by atoms with van der Waals surface area (Å²) < 4.78 is 0. The molecule has 0 N–H and O–H groups in total. The maximum atomic E-state index is 2.51. The fraction of sp³-hybridized carbons (Fsp3) is 1.00. The molecular weight excluding hydrogens is 164 g/mol. The molecule has 0 spiro atoms. The largest absolute Gasteiger partial charge is 0.241 e. The monoisotopic (exact) mass is 190 g/mol. The molecule has 0 heterocycles. The highest BCUT2D eigenvalue weighted by atomic mass is 32.3. The van der Waals surface area contributed by atoms with E-state index in [9.17, 15) is 0 Å². The fourth-order valence-electron chi connectivity index (χ4n) is 1.91. The van der Waals surface area contributed by atoms with E-state index in [4.69, 9.17) is 0 Å². The smallest absolute Gasteiger partial charge is 0.0120 e. The van der Waals surface area contributed by atoms with Crippen molar-refractivity contribution in [3.8, 4) is 0 Å². The summed E-state index contributed by atoms with van der Waals surface area (Å²) in [5, 5.41) is 1.91. The Morgan fingerprint density at radius 1 is 0.917 bits per heavy atom. The molecule has 0 aliphatic heterocycles. The van der Waals surface area contributed by atoms with E-state index < -0.39 is 0 Å².